The van der Waals surface area contributed by atoms with E-state index in [1.807, 2.05) is 0 Å². The first-order valence-corrected chi connectivity index (χ1v) is 3.51. The maximum absolute atomic E-state index is 10.8. The number of hydrogen-bond acceptors (Lipinski definition) is 4. The smallest absolute Gasteiger partial charge is 0.414 e. The Morgan fingerprint density at radius 2 is 2.58 bits per heavy atom. The van der Waals surface area contributed by atoms with Crippen molar-refractivity contribution < 1.29 is 9.53 Å². The summed E-state index contributed by atoms with van der Waals surface area (Å²) in [4.78, 5) is 14.6. The van der Waals surface area contributed by atoms with Gasteiger partial charge in [-0.15, -0.1) is 0 Å². The highest BCUT2D eigenvalue weighted by molar-refractivity contribution is 5.82. The van der Waals surface area contributed by atoms with Gasteiger partial charge < -0.3 is 4.74 Å². The molecule has 0 aromatic carbocycles. The van der Waals surface area contributed by atoms with Crippen LogP contribution in [0.5, 0.6) is 0 Å². The van der Waals surface area contributed by atoms with Crippen molar-refractivity contribution in [2.45, 2.75) is 6.92 Å². The highest BCUT2D eigenvalue weighted by atomic mass is 16.5. The summed E-state index contributed by atoms with van der Waals surface area (Å²) < 4.78 is 6.08. The van der Waals surface area contributed by atoms with E-state index in [1.165, 1.54) is 11.0 Å². The maximum Gasteiger partial charge on any atom is 0.414 e. The van der Waals surface area contributed by atoms with Crippen LogP contribution in [0.15, 0.2) is 6.33 Å². The molecular formula is C6H10N4O2. The number of nitrogens with one attached hydrogen (secondary N) is 1. The summed E-state index contributed by atoms with van der Waals surface area (Å²) in [6.45, 7) is 2.07. The van der Waals surface area contributed by atoms with E-state index < -0.39 is 6.09 Å². The standard InChI is InChI=1S/C6H10N4O2/c1-3-12-6(11)9-5-7-4-8-10(5)2/h4H,3H2,1-2H3,(H,7,8,9,11). The molecule has 0 aliphatic carbocycles. The zero-order valence-electron chi connectivity index (χ0n) is 6.94. The van der Waals surface area contributed by atoms with Crippen LogP contribution in [0.1, 0.15) is 6.92 Å². The van der Waals surface area contributed by atoms with Crippen molar-refractivity contribution in [3.63, 3.8) is 0 Å². The van der Waals surface area contributed by atoms with Gasteiger partial charge in [0.05, 0.1) is 6.61 Å². The van der Waals surface area contributed by atoms with Crippen LogP contribution >= 0.6 is 0 Å². The summed E-state index contributed by atoms with van der Waals surface area (Å²) in [5.74, 6) is 0.369. The second-order valence-corrected chi connectivity index (χ2v) is 2.05. The molecular weight excluding hydrogens is 160 g/mol. The topological polar surface area (TPSA) is 69.0 Å². The summed E-state index contributed by atoms with van der Waals surface area (Å²) in [7, 11) is 1.68. The predicted octanol–water partition coefficient (Wildman–Crippen LogP) is 0.383. The fourth-order valence-electron chi connectivity index (χ4n) is 0.668. The number of carbonyl (C=O) groups excluding carboxylic acids is 1. The normalized spacial score (nSPS) is 9.50. The van der Waals surface area contributed by atoms with Crippen LogP contribution in [-0.4, -0.2) is 27.5 Å². The van der Waals surface area contributed by atoms with Gasteiger partial charge in [0.1, 0.15) is 6.33 Å². The summed E-state index contributed by atoms with van der Waals surface area (Å²) >= 11 is 0. The Hall–Kier alpha value is -1.59. The first-order chi connectivity index (χ1) is 5.74. The van der Waals surface area contributed by atoms with Crippen molar-refractivity contribution >= 4 is 12.0 Å². The minimum atomic E-state index is -0.520. The Morgan fingerprint density at radius 3 is 3.08 bits per heavy atom. The maximum atomic E-state index is 10.8. The number of amides is 1. The zero-order valence-corrected chi connectivity index (χ0v) is 6.94. The Balaban J connectivity index is 2.52. The molecule has 1 N–H and O–H groups in total. The summed E-state index contributed by atoms with van der Waals surface area (Å²) in [6.07, 6.45) is 0.829. The molecule has 0 saturated carbocycles. The molecule has 0 unspecified atom stereocenters. The molecule has 0 radical (unpaired) electrons. The number of hydrogen-bond donors (Lipinski definition) is 1. The lowest BCUT2D eigenvalue weighted by Gasteiger charge is -2.02. The predicted molar refractivity (Wildman–Crippen MR) is 41.6 cm³/mol. The number of nitrogens with zero attached hydrogens (tertiary/aromatic N) is 3. The largest absolute Gasteiger partial charge is 0.450 e. The quantitative estimate of drug-likeness (QED) is 0.696. The van der Waals surface area contributed by atoms with E-state index >= 15 is 0 Å². The fourth-order valence-corrected chi connectivity index (χ4v) is 0.668. The molecule has 0 fully saturated rings. The fraction of sp³-hybridized carbons (Fsp3) is 0.500. The molecule has 6 nitrogen and oxygen atoms in total. The van der Waals surface area contributed by atoms with E-state index in [-0.39, 0.29) is 0 Å². The molecule has 0 bridgehead atoms. The Labute approximate surface area is 69.5 Å². The number of anilines is 1. The third-order valence-corrected chi connectivity index (χ3v) is 1.20. The molecule has 1 rings (SSSR count). The molecule has 1 heterocycles. The van der Waals surface area contributed by atoms with Gasteiger partial charge in [-0.3, -0.25) is 5.32 Å². The number of carbonyl (C=O) groups is 1. The molecule has 66 valence electrons. The van der Waals surface area contributed by atoms with Gasteiger partial charge in [-0.2, -0.15) is 10.1 Å². The Kier molecular flexibility index (Phi) is 2.62. The molecule has 6 heteroatoms. The molecule has 1 amide bonds. The summed E-state index contributed by atoms with van der Waals surface area (Å²) in [5.41, 5.74) is 0. The Bertz CT molecular complexity index is 270. The van der Waals surface area contributed by atoms with Gasteiger partial charge in [0, 0.05) is 7.05 Å². The summed E-state index contributed by atoms with van der Waals surface area (Å²) in [6, 6.07) is 0. The van der Waals surface area contributed by atoms with Crippen LogP contribution < -0.4 is 5.32 Å². The highest BCUT2D eigenvalue weighted by Crippen LogP contribution is 1.97. The van der Waals surface area contributed by atoms with Crippen molar-refractivity contribution in [3.05, 3.63) is 6.33 Å². The molecule has 1 aromatic heterocycles. The van der Waals surface area contributed by atoms with Gasteiger partial charge in [0.25, 0.3) is 0 Å². The van der Waals surface area contributed by atoms with Gasteiger partial charge in [-0.1, -0.05) is 0 Å². The van der Waals surface area contributed by atoms with E-state index in [4.69, 9.17) is 0 Å². The average molecular weight is 170 g/mol. The van der Waals surface area contributed by atoms with Gasteiger partial charge in [-0.05, 0) is 6.92 Å². The van der Waals surface area contributed by atoms with Gasteiger partial charge in [0.15, 0.2) is 0 Å². The first kappa shape index (κ1) is 8.51. The van der Waals surface area contributed by atoms with Crippen LogP contribution in [0, 0.1) is 0 Å². The summed E-state index contributed by atoms with van der Waals surface area (Å²) in [5, 5.41) is 6.18. The second-order valence-electron chi connectivity index (χ2n) is 2.05. The van der Waals surface area contributed by atoms with Crippen LogP contribution in [-0.2, 0) is 11.8 Å². The molecule has 0 spiro atoms. The lowest BCUT2D eigenvalue weighted by atomic mass is 10.8. The van der Waals surface area contributed by atoms with Crippen LogP contribution in [0.25, 0.3) is 0 Å². The molecule has 0 saturated heterocycles. The van der Waals surface area contributed by atoms with Gasteiger partial charge >= 0.3 is 6.09 Å². The number of ether oxygens (including phenoxy) is 1. The van der Waals surface area contributed by atoms with Crippen LogP contribution in [0.3, 0.4) is 0 Å². The third-order valence-electron chi connectivity index (χ3n) is 1.20. The number of rotatable bonds is 2. The highest BCUT2D eigenvalue weighted by Gasteiger charge is 2.05. The zero-order chi connectivity index (χ0) is 8.97. The first-order valence-electron chi connectivity index (χ1n) is 3.51. The minimum absolute atomic E-state index is 0.337. The minimum Gasteiger partial charge on any atom is -0.450 e. The van der Waals surface area contributed by atoms with E-state index in [9.17, 15) is 4.79 Å². The molecule has 12 heavy (non-hydrogen) atoms. The van der Waals surface area contributed by atoms with Crippen molar-refractivity contribution in [3.8, 4) is 0 Å². The van der Waals surface area contributed by atoms with E-state index in [0.29, 0.717) is 12.6 Å². The van der Waals surface area contributed by atoms with Crippen LogP contribution in [0.2, 0.25) is 0 Å². The van der Waals surface area contributed by atoms with Crippen LogP contribution in [0.4, 0.5) is 10.7 Å². The van der Waals surface area contributed by atoms with Crippen molar-refractivity contribution in [2.24, 2.45) is 7.05 Å². The van der Waals surface area contributed by atoms with E-state index in [2.05, 4.69) is 20.1 Å². The molecule has 1 aromatic rings. The Morgan fingerprint density at radius 1 is 1.83 bits per heavy atom. The van der Waals surface area contributed by atoms with Crippen molar-refractivity contribution in [1.82, 2.24) is 14.8 Å². The lowest BCUT2D eigenvalue weighted by Crippen LogP contribution is -2.16. The SMILES string of the molecule is CCOC(=O)Nc1ncnn1C. The van der Waals surface area contributed by atoms with Crippen molar-refractivity contribution in [1.29, 1.82) is 0 Å². The van der Waals surface area contributed by atoms with Crippen molar-refractivity contribution in [2.75, 3.05) is 11.9 Å². The lowest BCUT2D eigenvalue weighted by molar-refractivity contribution is 0.167. The molecule has 0 atom stereocenters. The van der Waals surface area contributed by atoms with Gasteiger partial charge in [0.2, 0.25) is 5.95 Å². The average Bonchev–Trinajstić information content (AvgIpc) is 2.37. The molecule has 0 aliphatic heterocycles. The number of aromatic nitrogens is 3. The number of aryl methyl sites for hydroxylation is 1. The third kappa shape index (κ3) is 1.94. The molecule has 0 aliphatic rings. The van der Waals surface area contributed by atoms with E-state index in [1.54, 1.807) is 14.0 Å². The monoisotopic (exact) mass is 170 g/mol. The van der Waals surface area contributed by atoms with Gasteiger partial charge in [-0.25, -0.2) is 9.48 Å². The second kappa shape index (κ2) is 3.70. The van der Waals surface area contributed by atoms with E-state index in [0.717, 1.165) is 0 Å².